The molecule has 78 valence electrons. The average Bonchev–Trinajstić information content (AvgIpc) is 2.03. The maximum Gasteiger partial charge on any atom is 0.0880 e. The molecule has 0 saturated heterocycles. The molecule has 0 saturated carbocycles. The predicted octanol–water partition coefficient (Wildman–Crippen LogP) is 0.955. The molecule has 0 aromatic heterocycles. The fraction of sp³-hybridized carbons (Fsp3) is 0.800. The fourth-order valence-corrected chi connectivity index (χ4v) is 1.48. The first kappa shape index (κ1) is 12.6. The third-order valence-corrected chi connectivity index (χ3v) is 2.27. The van der Waals surface area contributed by atoms with Gasteiger partial charge in [-0.1, -0.05) is 19.1 Å². The SMILES string of the molecule is C=C(C)[C@H](O)[C@@H](C)[C@@H](OC)[C@@H](C)O. The van der Waals surface area contributed by atoms with E-state index in [1.165, 1.54) is 7.11 Å². The Morgan fingerprint density at radius 1 is 1.31 bits per heavy atom. The van der Waals surface area contributed by atoms with Crippen LogP contribution in [0, 0.1) is 5.92 Å². The largest absolute Gasteiger partial charge is 0.391 e. The van der Waals surface area contributed by atoms with Crippen LogP contribution in [0.5, 0.6) is 0 Å². The highest BCUT2D eigenvalue weighted by molar-refractivity contribution is 5.00. The van der Waals surface area contributed by atoms with E-state index in [9.17, 15) is 10.2 Å². The number of hydrogen-bond donors (Lipinski definition) is 2. The number of hydrogen-bond acceptors (Lipinski definition) is 3. The lowest BCUT2D eigenvalue weighted by Gasteiger charge is -2.29. The maximum absolute atomic E-state index is 9.65. The molecule has 0 unspecified atom stereocenters. The van der Waals surface area contributed by atoms with Crippen LogP contribution in [-0.2, 0) is 4.74 Å². The van der Waals surface area contributed by atoms with E-state index in [4.69, 9.17) is 4.74 Å². The Morgan fingerprint density at radius 2 is 1.77 bits per heavy atom. The molecule has 3 nitrogen and oxygen atoms in total. The molecule has 13 heavy (non-hydrogen) atoms. The summed E-state index contributed by atoms with van der Waals surface area (Å²) in [5.74, 6) is -0.150. The van der Waals surface area contributed by atoms with Gasteiger partial charge in [0, 0.05) is 13.0 Å². The quantitative estimate of drug-likeness (QED) is 0.632. The van der Waals surface area contributed by atoms with Gasteiger partial charge >= 0.3 is 0 Å². The van der Waals surface area contributed by atoms with E-state index in [1.54, 1.807) is 13.8 Å². The van der Waals surface area contributed by atoms with Crippen LogP contribution in [0.25, 0.3) is 0 Å². The molecule has 0 aliphatic heterocycles. The molecular weight excluding hydrogens is 168 g/mol. The van der Waals surface area contributed by atoms with Gasteiger partial charge < -0.3 is 14.9 Å². The van der Waals surface area contributed by atoms with Crippen molar-refractivity contribution in [3.05, 3.63) is 12.2 Å². The van der Waals surface area contributed by atoms with E-state index in [1.807, 2.05) is 6.92 Å². The molecule has 0 aliphatic carbocycles. The summed E-state index contributed by atoms with van der Waals surface area (Å²) in [6, 6.07) is 0. The van der Waals surface area contributed by atoms with Gasteiger partial charge in [-0.15, -0.1) is 0 Å². The van der Waals surface area contributed by atoms with Crippen molar-refractivity contribution in [3.8, 4) is 0 Å². The Kier molecular flexibility index (Phi) is 5.21. The van der Waals surface area contributed by atoms with Gasteiger partial charge in [0.05, 0.1) is 18.3 Å². The highest BCUT2D eigenvalue weighted by Crippen LogP contribution is 2.19. The topological polar surface area (TPSA) is 49.7 Å². The van der Waals surface area contributed by atoms with Crippen LogP contribution >= 0.6 is 0 Å². The van der Waals surface area contributed by atoms with Crippen molar-refractivity contribution in [1.82, 2.24) is 0 Å². The molecule has 0 amide bonds. The second-order valence-corrected chi connectivity index (χ2v) is 3.59. The van der Waals surface area contributed by atoms with E-state index in [-0.39, 0.29) is 12.0 Å². The highest BCUT2D eigenvalue weighted by atomic mass is 16.5. The number of aliphatic hydroxyl groups is 2. The second kappa shape index (κ2) is 5.37. The molecule has 0 radical (unpaired) electrons. The minimum Gasteiger partial charge on any atom is -0.391 e. The monoisotopic (exact) mass is 188 g/mol. The van der Waals surface area contributed by atoms with Crippen LogP contribution in [-0.4, -0.2) is 35.6 Å². The van der Waals surface area contributed by atoms with Crippen molar-refractivity contribution < 1.29 is 14.9 Å². The lowest BCUT2D eigenvalue weighted by molar-refractivity contribution is -0.0597. The lowest BCUT2D eigenvalue weighted by Crippen LogP contribution is -2.38. The van der Waals surface area contributed by atoms with Crippen molar-refractivity contribution in [3.63, 3.8) is 0 Å². The third-order valence-electron chi connectivity index (χ3n) is 2.27. The summed E-state index contributed by atoms with van der Waals surface area (Å²) in [7, 11) is 1.53. The molecule has 2 N–H and O–H groups in total. The summed E-state index contributed by atoms with van der Waals surface area (Å²) in [4.78, 5) is 0. The minimum atomic E-state index is -0.625. The Hall–Kier alpha value is -0.380. The van der Waals surface area contributed by atoms with Crippen LogP contribution in [0.1, 0.15) is 20.8 Å². The smallest absolute Gasteiger partial charge is 0.0880 e. The summed E-state index contributed by atoms with van der Waals surface area (Å²) in [5.41, 5.74) is 0.690. The standard InChI is InChI=1S/C10H20O3/c1-6(2)9(12)7(3)10(13-5)8(4)11/h7-12H,1H2,2-5H3/t7-,8-,9+,10-/m1/s1. The molecule has 0 aromatic rings. The van der Waals surface area contributed by atoms with Crippen molar-refractivity contribution in [2.24, 2.45) is 5.92 Å². The van der Waals surface area contributed by atoms with Gasteiger partial charge in [-0.2, -0.15) is 0 Å². The summed E-state index contributed by atoms with van der Waals surface area (Å²) < 4.78 is 5.09. The molecule has 0 fully saturated rings. The van der Waals surface area contributed by atoms with Gasteiger partial charge in [0.25, 0.3) is 0 Å². The minimum absolute atomic E-state index is 0.150. The number of rotatable bonds is 5. The fourth-order valence-electron chi connectivity index (χ4n) is 1.48. The first-order valence-electron chi connectivity index (χ1n) is 4.46. The van der Waals surface area contributed by atoms with Gasteiger partial charge in [0.15, 0.2) is 0 Å². The third kappa shape index (κ3) is 3.46. The average molecular weight is 188 g/mol. The molecule has 0 aliphatic rings. The van der Waals surface area contributed by atoms with Gasteiger partial charge in [0.1, 0.15) is 0 Å². The molecule has 0 aromatic carbocycles. The van der Waals surface area contributed by atoms with E-state index < -0.39 is 12.2 Å². The van der Waals surface area contributed by atoms with Crippen molar-refractivity contribution >= 4 is 0 Å². The lowest BCUT2D eigenvalue weighted by atomic mass is 9.91. The first-order valence-corrected chi connectivity index (χ1v) is 4.46. The molecule has 0 bridgehead atoms. The van der Waals surface area contributed by atoms with E-state index >= 15 is 0 Å². The van der Waals surface area contributed by atoms with Crippen LogP contribution in [0.2, 0.25) is 0 Å². The maximum atomic E-state index is 9.65. The van der Waals surface area contributed by atoms with Gasteiger partial charge in [-0.3, -0.25) is 0 Å². The van der Waals surface area contributed by atoms with Crippen molar-refractivity contribution in [2.45, 2.75) is 39.1 Å². The molecule has 3 heteroatoms. The van der Waals surface area contributed by atoms with Crippen LogP contribution in [0.3, 0.4) is 0 Å². The van der Waals surface area contributed by atoms with Gasteiger partial charge in [-0.25, -0.2) is 0 Å². The van der Waals surface area contributed by atoms with Crippen molar-refractivity contribution in [1.29, 1.82) is 0 Å². The molecule has 0 heterocycles. The predicted molar refractivity (Wildman–Crippen MR) is 52.5 cm³/mol. The summed E-state index contributed by atoms with van der Waals surface area (Å²) in [6.45, 7) is 8.91. The van der Waals surface area contributed by atoms with Gasteiger partial charge in [0.2, 0.25) is 0 Å². The Bertz CT molecular complexity index is 166. The van der Waals surface area contributed by atoms with Crippen LogP contribution in [0.4, 0.5) is 0 Å². The first-order chi connectivity index (χ1) is 5.91. The van der Waals surface area contributed by atoms with E-state index in [0.29, 0.717) is 5.57 Å². The Labute approximate surface area is 80.0 Å². The van der Waals surface area contributed by atoms with E-state index in [2.05, 4.69) is 6.58 Å². The summed E-state index contributed by atoms with van der Waals surface area (Å²) in [6.07, 6.45) is -1.57. The molecule has 4 atom stereocenters. The zero-order valence-electron chi connectivity index (χ0n) is 8.82. The summed E-state index contributed by atoms with van der Waals surface area (Å²) in [5, 5.41) is 19.0. The second-order valence-electron chi connectivity index (χ2n) is 3.59. The van der Waals surface area contributed by atoms with Crippen molar-refractivity contribution in [2.75, 3.05) is 7.11 Å². The zero-order chi connectivity index (χ0) is 10.6. The Morgan fingerprint density at radius 3 is 2.00 bits per heavy atom. The molecule has 0 rings (SSSR count). The van der Waals surface area contributed by atoms with Gasteiger partial charge in [-0.05, 0) is 13.8 Å². The highest BCUT2D eigenvalue weighted by Gasteiger charge is 2.27. The van der Waals surface area contributed by atoms with E-state index in [0.717, 1.165) is 0 Å². The summed E-state index contributed by atoms with van der Waals surface area (Å²) >= 11 is 0. The molecular formula is C10H20O3. The van der Waals surface area contributed by atoms with Crippen LogP contribution in [0.15, 0.2) is 12.2 Å². The normalized spacial score (nSPS) is 20.5. The zero-order valence-corrected chi connectivity index (χ0v) is 8.82. The Balaban J connectivity index is 4.36. The number of ether oxygens (including phenoxy) is 1. The number of aliphatic hydroxyl groups excluding tert-OH is 2. The number of methoxy groups -OCH3 is 1. The molecule has 0 spiro atoms. The van der Waals surface area contributed by atoms with Crippen LogP contribution < -0.4 is 0 Å².